The van der Waals surface area contributed by atoms with Gasteiger partial charge in [0.1, 0.15) is 11.2 Å². The predicted octanol–water partition coefficient (Wildman–Crippen LogP) is 5.92. The first-order valence-corrected chi connectivity index (χ1v) is 15.9. The van der Waals surface area contributed by atoms with E-state index >= 15 is 0 Å². The van der Waals surface area contributed by atoms with Crippen LogP contribution in [0.1, 0.15) is 63.6 Å². The molecule has 2 bridgehead atoms. The molecule has 5 rings (SSSR count). The fourth-order valence-corrected chi connectivity index (χ4v) is 6.99. The van der Waals surface area contributed by atoms with Crippen molar-refractivity contribution in [2.45, 2.75) is 82.4 Å². The van der Waals surface area contributed by atoms with Crippen LogP contribution in [0.4, 0.5) is 0 Å². The molecule has 3 heterocycles. The smallest absolute Gasteiger partial charge is 0.205 e. The Kier molecular flexibility index (Phi) is 5.81. The summed E-state index contributed by atoms with van der Waals surface area (Å²) in [6.07, 6.45) is 0.393. The van der Waals surface area contributed by atoms with Crippen molar-refractivity contribution in [3.05, 3.63) is 53.1 Å². The monoisotopic (exact) mass is 520 g/mol. The van der Waals surface area contributed by atoms with E-state index in [1.807, 2.05) is 31.2 Å². The quantitative estimate of drug-likeness (QED) is 0.348. The van der Waals surface area contributed by atoms with E-state index in [2.05, 4.69) is 39.9 Å². The highest BCUT2D eigenvalue weighted by atomic mass is 28.4. The molecule has 0 aliphatic carbocycles. The standard InChI is InChI=1S/C29H36N2O5Si/c1-7-29-22(32)16-28(36-29,14-15-35-37(5,6)27(2,3)4)23-24(29)26(34)31(25(23)33)21-13-12-18(17-30)19-10-8-9-11-20(19)21/h8-13,22,32-34H,7,14-16H2,1-6H3/t22-,28+,29-/m0/s1. The third-order valence-electron chi connectivity index (χ3n) is 9.00. The molecule has 0 unspecified atom stereocenters. The Balaban J connectivity index is 1.65. The molecule has 3 N–H and O–H groups in total. The van der Waals surface area contributed by atoms with Gasteiger partial charge >= 0.3 is 0 Å². The average molecular weight is 521 g/mol. The molecule has 7 nitrogen and oxygen atoms in total. The minimum absolute atomic E-state index is 0.0507. The number of nitrogens with zero attached hydrogens (tertiary/aromatic N) is 2. The zero-order chi connectivity index (χ0) is 27.0. The van der Waals surface area contributed by atoms with Crippen LogP contribution in [0, 0.1) is 11.3 Å². The number of hydrogen-bond donors (Lipinski definition) is 3. The van der Waals surface area contributed by atoms with Gasteiger partial charge in [0.25, 0.3) is 0 Å². The zero-order valence-corrected chi connectivity index (χ0v) is 23.4. The Morgan fingerprint density at radius 1 is 1.11 bits per heavy atom. The minimum Gasteiger partial charge on any atom is -0.494 e. The summed E-state index contributed by atoms with van der Waals surface area (Å²) in [6, 6.07) is 13.1. The summed E-state index contributed by atoms with van der Waals surface area (Å²) in [5, 5.41) is 45.6. The van der Waals surface area contributed by atoms with Gasteiger partial charge in [-0.1, -0.05) is 52.0 Å². The van der Waals surface area contributed by atoms with Crippen molar-refractivity contribution >= 4 is 19.1 Å². The van der Waals surface area contributed by atoms with Gasteiger partial charge in [0.05, 0.1) is 34.6 Å². The first kappa shape index (κ1) is 25.8. The number of aliphatic hydroxyl groups is 1. The second-order valence-electron chi connectivity index (χ2n) is 11.9. The third kappa shape index (κ3) is 3.48. The Morgan fingerprint density at radius 3 is 2.38 bits per heavy atom. The van der Waals surface area contributed by atoms with E-state index in [0.717, 1.165) is 10.8 Å². The molecule has 37 heavy (non-hydrogen) atoms. The second kappa shape index (κ2) is 8.33. The minimum atomic E-state index is -2.02. The van der Waals surface area contributed by atoms with Crippen molar-refractivity contribution in [1.82, 2.24) is 4.57 Å². The van der Waals surface area contributed by atoms with E-state index in [0.29, 0.717) is 48.2 Å². The maximum absolute atomic E-state index is 11.7. The summed E-state index contributed by atoms with van der Waals surface area (Å²) in [4.78, 5) is 0. The normalized spacial score (nSPS) is 25.0. The Bertz CT molecular complexity index is 1430. The maximum Gasteiger partial charge on any atom is 0.205 e. The number of fused-ring (bicyclic) bond motifs is 6. The van der Waals surface area contributed by atoms with Crippen LogP contribution in [0.2, 0.25) is 18.1 Å². The highest BCUT2D eigenvalue weighted by Crippen LogP contribution is 2.66. The number of ether oxygens (including phenoxy) is 1. The molecule has 2 aliphatic rings. The molecule has 8 heteroatoms. The highest BCUT2D eigenvalue weighted by molar-refractivity contribution is 6.74. The number of aromatic nitrogens is 1. The predicted molar refractivity (Wildman–Crippen MR) is 144 cm³/mol. The van der Waals surface area contributed by atoms with Gasteiger partial charge in [-0.3, -0.25) is 4.57 Å². The van der Waals surface area contributed by atoms with Crippen molar-refractivity contribution in [2.75, 3.05) is 6.61 Å². The first-order valence-electron chi connectivity index (χ1n) is 13.0. The molecule has 0 spiro atoms. The van der Waals surface area contributed by atoms with Crippen LogP contribution in [-0.2, 0) is 20.4 Å². The van der Waals surface area contributed by atoms with Crippen LogP contribution in [0.5, 0.6) is 11.8 Å². The van der Waals surface area contributed by atoms with Gasteiger partial charge in [-0.15, -0.1) is 0 Å². The van der Waals surface area contributed by atoms with E-state index in [1.54, 1.807) is 12.1 Å². The molecular weight excluding hydrogens is 484 g/mol. The number of aliphatic hydroxyl groups excluding tert-OH is 1. The van der Waals surface area contributed by atoms with Gasteiger partial charge in [0.2, 0.25) is 11.8 Å². The van der Waals surface area contributed by atoms with Crippen molar-refractivity contribution in [3.63, 3.8) is 0 Å². The van der Waals surface area contributed by atoms with Gasteiger partial charge in [0.15, 0.2) is 8.32 Å². The molecule has 2 aliphatic heterocycles. The molecule has 3 aromatic rings. The molecule has 3 atom stereocenters. The number of benzene rings is 2. The SMILES string of the molecule is CC[C@]12O[C@](CCO[Si](C)(C)C(C)(C)C)(C[C@@H]1O)c1c2c(O)n(-c2ccc(C#N)c3ccccc23)c1O. The van der Waals surface area contributed by atoms with E-state index in [-0.39, 0.29) is 16.8 Å². The molecule has 1 aromatic heterocycles. The fourth-order valence-electron chi connectivity index (χ4n) is 5.94. The Hall–Kier alpha value is -2.83. The van der Waals surface area contributed by atoms with Gasteiger partial charge in [-0.25, -0.2) is 0 Å². The van der Waals surface area contributed by atoms with Crippen molar-refractivity contribution in [1.29, 1.82) is 5.26 Å². The highest BCUT2D eigenvalue weighted by Gasteiger charge is 2.67. The largest absolute Gasteiger partial charge is 0.494 e. The lowest BCUT2D eigenvalue weighted by Gasteiger charge is -2.37. The molecule has 0 radical (unpaired) electrons. The van der Waals surface area contributed by atoms with Crippen LogP contribution in [-0.4, -0.2) is 40.9 Å². The Morgan fingerprint density at radius 2 is 1.76 bits per heavy atom. The van der Waals surface area contributed by atoms with Gasteiger partial charge < -0.3 is 24.5 Å². The average Bonchev–Trinajstić information content (AvgIpc) is 3.40. The third-order valence-corrected chi connectivity index (χ3v) is 13.5. The second-order valence-corrected chi connectivity index (χ2v) is 16.7. The fraction of sp³-hybridized carbons (Fsp3) is 0.483. The number of rotatable bonds is 6. The van der Waals surface area contributed by atoms with Crippen LogP contribution in [0.15, 0.2) is 36.4 Å². The molecular formula is C29H36N2O5Si. The Labute approximate surface area is 219 Å². The van der Waals surface area contributed by atoms with Crippen molar-refractivity contribution in [3.8, 4) is 23.5 Å². The summed E-state index contributed by atoms with van der Waals surface area (Å²) in [7, 11) is -2.02. The lowest BCUT2D eigenvalue weighted by atomic mass is 9.74. The summed E-state index contributed by atoms with van der Waals surface area (Å²) >= 11 is 0. The van der Waals surface area contributed by atoms with Crippen LogP contribution >= 0.6 is 0 Å². The van der Waals surface area contributed by atoms with Crippen LogP contribution in [0.25, 0.3) is 16.5 Å². The zero-order valence-electron chi connectivity index (χ0n) is 22.4. The molecule has 0 amide bonds. The van der Waals surface area contributed by atoms with E-state index in [9.17, 15) is 20.6 Å². The summed E-state index contributed by atoms with van der Waals surface area (Å²) < 4.78 is 14.5. The summed E-state index contributed by atoms with van der Waals surface area (Å²) in [5.41, 5.74) is -0.0199. The van der Waals surface area contributed by atoms with Crippen LogP contribution in [0.3, 0.4) is 0 Å². The van der Waals surface area contributed by atoms with Gasteiger partial charge in [-0.05, 0) is 36.7 Å². The number of hydrogen-bond acceptors (Lipinski definition) is 6. The van der Waals surface area contributed by atoms with E-state index < -0.39 is 25.6 Å². The maximum atomic E-state index is 11.7. The van der Waals surface area contributed by atoms with Gasteiger partial charge in [0, 0.05) is 30.2 Å². The van der Waals surface area contributed by atoms with Gasteiger partial charge in [-0.2, -0.15) is 5.26 Å². The first-order chi connectivity index (χ1) is 17.3. The number of nitriles is 1. The van der Waals surface area contributed by atoms with E-state index in [1.165, 1.54) is 4.57 Å². The van der Waals surface area contributed by atoms with E-state index in [4.69, 9.17) is 9.16 Å². The topological polar surface area (TPSA) is 108 Å². The lowest BCUT2D eigenvalue weighted by molar-refractivity contribution is -0.120. The number of aromatic hydroxyl groups is 2. The molecule has 1 fully saturated rings. The summed E-state index contributed by atoms with van der Waals surface area (Å²) in [5.74, 6) is -0.243. The van der Waals surface area contributed by atoms with Crippen molar-refractivity contribution < 1.29 is 24.5 Å². The molecule has 1 saturated heterocycles. The van der Waals surface area contributed by atoms with Crippen molar-refractivity contribution in [2.24, 2.45) is 0 Å². The molecule has 0 saturated carbocycles. The molecule has 196 valence electrons. The van der Waals surface area contributed by atoms with Crippen LogP contribution < -0.4 is 0 Å². The molecule has 2 aromatic carbocycles. The lowest BCUT2D eigenvalue weighted by Crippen LogP contribution is -2.42. The summed E-state index contributed by atoms with van der Waals surface area (Å²) in [6.45, 7) is 13.3.